The summed E-state index contributed by atoms with van der Waals surface area (Å²) < 4.78 is 15.6. The molecule has 0 saturated heterocycles. The number of nitrogens with one attached hydrogen (secondary N) is 1. The van der Waals surface area contributed by atoms with Crippen molar-refractivity contribution in [3.8, 4) is 0 Å². The maximum Gasteiger partial charge on any atom is 0.128 e. The number of aromatic nitrogens is 2. The van der Waals surface area contributed by atoms with Gasteiger partial charge in [0, 0.05) is 24.0 Å². The van der Waals surface area contributed by atoms with Crippen LogP contribution >= 0.6 is 0 Å². The molecule has 1 aromatic heterocycles. The fraction of sp³-hybridized carbons (Fsp3) is 0.357. The van der Waals surface area contributed by atoms with Crippen LogP contribution in [0.5, 0.6) is 0 Å². The lowest BCUT2D eigenvalue weighted by atomic mass is 10.1. The molecule has 4 heteroatoms. The van der Waals surface area contributed by atoms with E-state index in [2.05, 4.69) is 17.3 Å². The van der Waals surface area contributed by atoms with Crippen LogP contribution in [0.15, 0.2) is 30.5 Å². The molecule has 0 unspecified atom stereocenters. The third kappa shape index (κ3) is 2.96. The van der Waals surface area contributed by atoms with Gasteiger partial charge in [-0.25, -0.2) is 4.39 Å². The number of benzene rings is 1. The summed E-state index contributed by atoms with van der Waals surface area (Å²) in [5.74, 6) is -0.176. The van der Waals surface area contributed by atoms with E-state index < -0.39 is 0 Å². The molecule has 0 bridgehead atoms. The van der Waals surface area contributed by atoms with E-state index in [4.69, 9.17) is 0 Å². The third-order valence-corrected chi connectivity index (χ3v) is 2.94. The van der Waals surface area contributed by atoms with Crippen LogP contribution in [-0.4, -0.2) is 16.3 Å². The summed E-state index contributed by atoms with van der Waals surface area (Å²) in [5.41, 5.74) is 2.81. The molecule has 0 saturated carbocycles. The van der Waals surface area contributed by atoms with E-state index >= 15 is 0 Å². The molecule has 1 heterocycles. The lowest BCUT2D eigenvalue weighted by Crippen LogP contribution is -2.12. The molecule has 0 aliphatic heterocycles. The lowest BCUT2D eigenvalue weighted by Gasteiger charge is -2.09. The van der Waals surface area contributed by atoms with Gasteiger partial charge in [-0.15, -0.1) is 0 Å². The lowest BCUT2D eigenvalue weighted by molar-refractivity contribution is 0.578. The Bertz CT molecular complexity index is 520. The maximum absolute atomic E-state index is 13.8. The zero-order chi connectivity index (χ0) is 13.0. The first-order valence-electron chi connectivity index (χ1n) is 6.17. The number of nitrogens with zero attached hydrogens (tertiary/aromatic N) is 2. The van der Waals surface area contributed by atoms with Crippen molar-refractivity contribution in [1.82, 2.24) is 15.1 Å². The molecule has 0 fully saturated rings. The van der Waals surface area contributed by atoms with Crippen LogP contribution in [0.3, 0.4) is 0 Å². The Kier molecular flexibility index (Phi) is 4.10. The molecular weight excluding hydrogens is 229 g/mol. The average molecular weight is 247 g/mol. The molecule has 0 radical (unpaired) electrons. The molecule has 0 atom stereocenters. The van der Waals surface area contributed by atoms with E-state index in [1.807, 2.05) is 25.1 Å². The van der Waals surface area contributed by atoms with Gasteiger partial charge in [0.2, 0.25) is 0 Å². The van der Waals surface area contributed by atoms with E-state index in [1.54, 1.807) is 10.9 Å². The van der Waals surface area contributed by atoms with Crippen molar-refractivity contribution >= 4 is 0 Å². The predicted octanol–water partition coefficient (Wildman–Crippen LogP) is 2.49. The summed E-state index contributed by atoms with van der Waals surface area (Å²) in [6, 6.07) is 7.16. The van der Waals surface area contributed by atoms with Crippen LogP contribution in [-0.2, 0) is 13.1 Å². The molecule has 96 valence electrons. The fourth-order valence-electron chi connectivity index (χ4n) is 1.85. The molecule has 1 aromatic carbocycles. The highest BCUT2D eigenvalue weighted by Crippen LogP contribution is 2.13. The van der Waals surface area contributed by atoms with Crippen LogP contribution in [0.25, 0.3) is 0 Å². The highest BCUT2D eigenvalue weighted by molar-refractivity contribution is 5.25. The van der Waals surface area contributed by atoms with Crippen LogP contribution in [0.1, 0.15) is 23.7 Å². The summed E-state index contributed by atoms with van der Waals surface area (Å²) in [6.07, 6.45) is 1.73. The largest absolute Gasteiger partial charge is 0.313 e. The number of hydrogen-bond donors (Lipinski definition) is 1. The predicted molar refractivity (Wildman–Crippen MR) is 69.8 cm³/mol. The summed E-state index contributed by atoms with van der Waals surface area (Å²) in [7, 11) is 0. The summed E-state index contributed by atoms with van der Waals surface area (Å²) in [5, 5.41) is 7.41. The van der Waals surface area contributed by atoms with Gasteiger partial charge in [0.15, 0.2) is 0 Å². The van der Waals surface area contributed by atoms with Gasteiger partial charge in [-0.1, -0.05) is 13.0 Å². The van der Waals surface area contributed by atoms with E-state index in [1.165, 1.54) is 6.07 Å². The minimum atomic E-state index is -0.176. The van der Waals surface area contributed by atoms with E-state index in [0.717, 1.165) is 24.3 Å². The molecule has 1 N–H and O–H groups in total. The third-order valence-electron chi connectivity index (χ3n) is 2.94. The van der Waals surface area contributed by atoms with Gasteiger partial charge in [0.25, 0.3) is 0 Å². The van der Waals surface area contributed by atoms with E-state index in [9.17, 15) is 4.39 Å². The number of halogens is 1. The molecule has 0 aliphatic rings. The number of rotatable bonds is 5. The van der Waals surface area contributed by atoms with Crippen molar-refractivity contribution in [2.24, 2.45) is 0 Å². The van der Waals surface area contributed by atoms with Crippen LogP contribution < -0.4 is 5.32 Å². The minimum absolute atomic E-state index is 0.176. The first-order chi connectivity index (χ1) is 8.70. The van der Waals surface area contributed by atoms with Gasteiger partial charge in [0.05, 0.1) is 6.54 Å². The zero-order valence-electron chi connectivity index (χ0n) is 10.8. The van der Waals surface area contributed by atoms with Crippen LogP contribution in [0.2, 0.25) is 0 Å². The fourth-order valence-corrected chi connectivity index (χ4v) is 1.85. The SMILES string of the molecule is CCNCc1ccc(F)c(Cn2nccc2C)c1. The van der Waals surface area contributed by atoms with Crippen molar-refractivity contribution in [2.75, 3.05) is 6.54 Å². The average Bonchev–Trinajstić information content (AvgIpc) is 2.76. The van der Waals surface area contributed by atoms with Crippen molar-refractivity contribution in [1.29, 1.82) is 0 Å². The highest BCUT2D eigenvalue weighted by atomic mass is 19.1. The molecule has 0 spiro atoms. The van der Waals surface area contributed by atoms with Gasteiger partial charge >= 0.3 is 0 Å². The summed E-state index contributed by atoms with van der Waals surface area (Å²) in [6.45, 7) is 6.17. The summed E-state index contributed by atoms with van der Waals surface area (Å²) >= 11 is 0. The van der Waals surface area contributed by atoms with Crippen molar-refractivity contribution in [3.05, 3.63) is 53.1 Å². The Hall–Kier alpha value is -1.68. The zero-order valence-corrected chi connectivity index (χ0v) is 10.8. The maximum atomic E-state index is 13.8. The highest BCUT2D eigenvalue weighted by Gasteiger charge is 2.06. The first-order valence-corrected chi connectivity index (χ1v) is 6.17. The van der Waals surface area contributed by atoms with Gasteiger partial charge in [0.1, 0.15) is 5.82 Å². The van der Waals surface area contributed by atoms with Crippen molar-refractivity contribution in [2.45, 2.75) is 26.9 Å². The second-order valence-electron chi connectivity index (χ2n) is 4.34. The molecule has 2 rings (SSSR count). The quantitative estimate of drug-likeness (QED) is 0.879. The number of hydrogen-bond acceptors (Lipinski definition) is 2. The standard InChI is InChI=1S/C14H18FN3/c1-3-16-9-12-4-5-14(15)13(8-12)10-18-11(2)6-7-17-18/h4-8,16H,3,9-10H2,1-2H3. The second-order valence-corrected chi connectivity index (χ2v) is 4.34. The first kappa shape index (κ1) is 12.8. The Morgan fingerprint density at radius 3 is 2.83 bits per heavy atom. The Morgan fingerprint density at radius 1 is 1.33 bits per heavy atom. The Balaban J connectivity index is 2.18. The van der Waals surface area contributed by atoms with E-state index in [-0.39, 0.29) is 5.82 Å². The van der Waals surface area contributed by atoms with Gasteiger partial charge < -0.3 is 5.32 Å². The second kappa shape index (κ2) is 5.78. The molecular formula is C14H18FN3. The topological polar surface area (TPSA) is 29.9 Å². The molecule has 0 amide bonds. The van der Waals surface area contributed by atoms with Gasteiger partial charge in [-0.2, -0.15) is 5.10 Å². The van der Waals surface area contributed by atoms with E-state index in [0.29, 0.717) is 12.1 Å². The normalized spacial score (nSPS) is 10.8. The monoisotopic (exact) mass is 247 g/mol. The van der Waals surface area contributed by atoms with Gasteiger partial charge in [-0.05, 0) is 37.2 Å². The smallest absolute Gasteiger partial charge is 0.128 e. The Labute approximate surface area is 107 Å². The Morgan fingerprint density at radius 2 is 2.17 bits per heavy atom. The molecule has 3 nitrogen and oxygen atoms in total. The number of aryl methyl sites for hydroxylation is 1. The van der Waals surface area contributed by atoms with Crippen molar-refractivity contribution < 1.29 is 4.39 Å². The van der Waals surface area contributed by atoms with Crippen LogP contribution in [0, 0.1) is 12.7 Å². The molecule has 0 aliphatic carbocycles. The summed E-state index contributed by atoms with van der Waals surface area (Å²) in [4.78, 5) is 0. The minimum Gasteiger partial charge on any atom is -0.313 e. The van der Waals surface area contributed by atoms with Crippen molar-refractivity contribution in [3.63, 3.8) is 0 Å². The van der Waals surface area contributed by atoms with Crippen LogP contribution in [0.4, 0.5) is 4.39 Å². The van der Waals surface area contributed by atoms with Gasteiger partial charge in [-0.3, -0.25) is 4.68 Å². The molecule has 2 aromatic rings. The molecule has 18 heavy (non-hydrogen) atoms.